The van der Waals surface area contributed by atoms with Gasteiger partial charge >= 0.3 is 6.09 Å². The molecule has 168 valence electrons. The van der Waals surface area contributed by atoms with Crippen molar-refractivity contribution in [3.63, 3.8) is 0 Å². The number of piperazine rings is 1. The number of nitrogens with two attached hydrogens (primary N) is 1. The lowest BCUT2D eigenvalue weighted by atomic mass is 10.1. The normalized spacial score (nSPS) is 14.5. The van der Waals surface area contributed by atoms with Crippen molar-refractivity contribution < 1.29 is 9.53 Å². The average molecular weight is 545 g/mol. The van der Waals surface area contributed by atoms with Gasteiger partial charge in [0.1, 0.15) is 5.60 Å². The summed E-state index contributed by atoms with van der Waals surface area (Å²) >= 11 is 2.39. The number of benzene rings is 2. The number of anilines is 4. The van der Waals surface area contributed by atoms with Gasteiger partial charge in [-0.2, -0.15) is 0 Å². The molecule has 1 fully saturated rings. The molecule has 4 rings (SSSR count). The highest BCUT2D eigenvalue weighted by atomic mass is 127. The van der Waals surface area contributed by atoms with E-state index in [1.807, 2.05) is 39.0 Å². The Labute approximate surface area is 202 Å². The zero-order valence-electron chi connectivity index (χ0n) is 18.6. The molecule has 0 unspecified atom stereocenters. The van der Waals surface area contributed by atoms with Crippen LogP contribution in [0.2, 0.25) is 0 Å². The lowest BCUT2D eigenvalue weighted by Crippen LogP contribution is -2.50. The van der Waals surface area contributed by atoms with Crippen LogP contribution in [0.4, 0.5) is 27.7 Å². The number of nitrogens with one attached hydrogen (secondary N) is 1. The van der Waals surface area contributed by atoms with E-state index in [0.29, 0.717) is 24.6 Å². The number of nitrogens with zero attached hydrogens (tertiary/aromatic N) is 3. The second kappa shape index (κ2) is 9.01. The number of fused-ring (bicyclic) bond motifs is 1. The number of carbonyl (C=O) groups excluding carboxylic acids is 1. The van der Waals surface area contributed by atoms with E-state index in [-0.39, 0.29) is 6.09 Å². The number of rotatable bonds is 3. The highest BCUT2D eigenvalue weighted by molar-refractivity contribution is 14.1. The fourth-order valence-electron chi connectivity index (χ4n) is 3.77. The van der Waals surface area contributed by atoms with Gasteiger partial charge in [-0.3, -0.25) is 0 Å². The summed E-state index contributed by atoms with van der Waals surface area (Å²) in [6.45, 7) is 8.43. The summed E-state index contributed by atoms with van der Waals surface area (Å²) in [7, 11) is 0. The quantitative estimate of drug-likeness (QED) is 0.439. The van der Waals surface area contributed by atoms with Crippen molar-refractivity contribution in [3.8, 4) is 0 Å². The zero-order chi connectivity index (χ0) is 22.9. The van der Waals surface area contributed by atoms with Crippen molar-refractivity contribution in [2.24, 2.45) is 0 Å². The number of halogens is 1. The minimum atomic E-state index is -0.486. The Hall–Kier alpha value is -2.75. The Kier molecular flexibility index (Phi) is 6.32. The average Bonchev–Trinajstić information content (AvgIpc) is 2.74. The van der Waals surface area contributed by atoms with Gasteiger partial charge in [-0.25, -0.2) is 9.78 Å². The SMILES string of the molecule is CC(C)(C)OC(=O)N1CCN(c2c(I)ccc3ccc(Nc4ncccc4N)cc23)CC1. The van der Waals surface area contributed by atoms with Crippen LogP contribution >= 0.6 is 22.6 Å². The molecule has 0 saturated carbocycles. The number of hydrogen-bond donors (Lipinski definition) is 2. The minimum Gasteiger partial charge on any atom is -0.444 e. The fraction of sp³-hybridized carbons (Fsp3) is 0.333. The Morgan fingerprint density at radius 3 is 2.53 bits per heavy atom. The second-order valence-electron chi connectivity index (χ2n) is 8.85. The van der Waals surface area contributed by atoms with E-state index in [4.69, 9.17) is 10.5 Å². The Bertz CT molecular complexity index is 1140. The molecule has 32 heavy (non-hydrogen) atoms. The lowest BCUT2D eigenvalue weighted by molar-refractivity contribution is 0.0240. The fourth-order valence-corrected chi connectivity index (χ4v) is 4.59. The summed E-state index contributed by atoms with van der Waals surface area (Å²) < 4.78 is 6.71. The van der Waals surface area contributed by atoms with Gasteiger partial charge in [-0.15, -0.1) is 0 Å². The number of hydrogen-bond acceptors (Lipinski definition) is 6. The lowest BCUT2D eigenvalue weighted by Gasteiger charge is -2.37. The summed E-state index contributed by atoms with van der Waals surface area (Å²) in [5.74, 6) is 0.644. The van der Waals surface area contributed by atoms with Crippen molar-refractivity contribution in [1.82, 2.24) is 9.88 Å². The number of aromatic nitrogens is 1. The van der Waals surface area contributed by atoms with Crippen LogP contribution in [0, 0.1) is 3.57 Å². The molecular formula is C24H28IN5O2. The first-order valence-corrected chi connectivity index (χ1v) is 11.7. The summed E-state index contributed by atoms with van der Waals surface area (Å²) in [4.78, 5) is 20.9. The van der Waals surface area contributed by atoms with Crippen molar-refractivity contribution >= 4 is 62.3 Å². The first-order chi connectivity index (χ1) is 15.2. The molecule has 8 heteroatoms. The smallest absolute Gasteiger partial charge is 0.410 e. The topological polar surface area (TPSA) is 83.7 Å². The summed E-state index contributed by atoms with van der Waals surface area (Å²) in [5.41, 5.74) is 8.28. The molecule has 7 nitrogen and oxygen atoms in total. The third kappa shape index (κ3) is 5.01. The highest BCUT2D eigenvalue weighted by Gasteiger charge is 2.27. The van der Waals surface area contributed by atoms with Crippen LogP contribution in [-0.4, -0.2) is 47.8 Å². The van der Waals surface area contributed by atoms with Gasteiger partial charge in [0.05, 0.1) is 11.4 Å². The van der Waals surface area contributed by atoms with Gasteiger partial charge in [-0.1, -0.05) is 12.1 Å². The van der Waals surface area contributed by atoms with Crippen LogP contribution in [0.3, 0.4) is 0 Å². The molecule has 1 aliphatic heterocycles. The monoisotopic (exact) mass is 545 g/mol. The molecule has 1 aromatic heterocycles. The Morgan fingerprint density at radius 2 is 1.84 bits per heavy atom. The predicted octanol–water partition coefficient (Wildman–Crippen LogP) is 5.22. The zero-order valence-corrected chi connectivity index (χ0v) is 20.7. The van der Waals surface area contributed by atoms with E-state index in [0.717, 1.165) is 29.5 Å². The number of carbonyl (C=O) groups is 1. The van der Waals surface area contributed by atoms with E-state index in [9.17, 15) is 4.79 Å². The van der Waals surface area contributed by atoms with Crippen molar-refractivity contribution in [2.75, 3.05) is 42.1 Å². The number of nitrogen functional groups attached to an aromatic ring is 1. The third-order valence-electron chi connectivity index (χ3n) is 5.29. The molecule has 0 atom stereocenters. The van der Waals surface area contributed by atoms with Crippen LogP contribution in [0.1, 0.15) is 20.8 Å². The molecule has 3 aromatic rings. The van der Waals surface area contributed by atoms with Crippen LogP contribution < -0.4 is 16.0 Å². The van der Waals surface area contributed by atoms with Gasteiger partial charge in [0.25, 0.3) is 0 Å². The Morgan fingerprint density at radius 1 is 1.12 bits per heavy atom. The maximum Gasteiger partial charge on any atom is 0.410 e. The number of pyridine rings is 1. The van der Waals surface area contributed by atoms with Crippen LogP contribution in [0.25, 0.3) is 10.8 Å². The van der Waals surface area contributed by atoms with Gasteiger partial charge < -0.3 is 25.6 Å². The van der Waals surface area contributed by atoms with Crippen molar-refractivity contribution in [3.05, 3.63) is 52.2 Å². The van der Waals surface area contributed by atoms with E-state index in [1.54, 1.807) is 11.1 Å². The second-order valence-corrected chi connectivity index (χ2v) is 10.0. The molecule has 1 saturated heterocycles. The summed E-state index contributed by atoms with van der Waals surface area (Å²) in [5, 5.41) is 5.65. The van der Waals surface area contributed by atoms with E-state index < -0.39 is 5.60 Å². The van der Waals surface area contributed by atoms with E-state index in [1.165, 1.54) is 9.26 Å². The maximum absolute atomic E-state index is 12.4. The molecule has 2 aromatic carbocycles. The summed E-state index contributed by atoms with van der Waals surface area (Å²) in [6.07, 6.45) is 1.47. The summed E-state index contributed by atoms with van der Waals surface area (Å²) in [6, 6.07) is 14.2. The van der Waals surface area contributed by atoms with Crippen LogP contribution in [0.15, 0.2) is 48.7 Å². The maximum atomic E-state index is 12.4. The molecular weight excluding hydrogens is 517 g/mol. The van der Waals surface area contributed by atoms with Crippen molar-refractivity contribution in [2.45, 2.75) is 26.4 Å². The van der Waals surface area contributed by atoms with Crippen LogP contribution in [0.5, 0.6) is 0 Å². The third-order valence-corrected chi connectivity index (χ3v) is 6.16. The van der Waals surface area contributed by atoms with E-state index >= 15 is 0 Å². The first kappa shape index (κ1) is 22.4. The molecule has 2 heterocycles. The molecule has 1 amide bonds. The highest BCUT2D eigenvalue weighted by Crippen LogP contribution is 2.35. The van der Waals surface area contributed by atoms with Gasteiger partial charge in [0, 0.05) is 47.0 Å². The molecule has 1 aliphatic rings. The van der Waals surface area contributed by atoms with Crippen molar-refractivity contribution in [1.29, 1.82) is 0 Å². The molecule has 0 radical (unpaired) electrons. The standard InChI is InChI=1S/C24H28IN5O2/c1-24(2,3)32-23(31)30-13-11-29(12-14-30)21-18-15-17(8-6-16(18)7-9-19(21)25)28-22-20(26)5-4-10-27-22/h4-10,15H,11-14,26H2,1-3H3,(H,27,28). The molecule has 3 N–H and O–H groups in total. The first-order valence-electron chi connectivity index (χ1n) is 10.6. The Balaban J connectivity index is 1.58. The van der Waals surface area contributed by atoms with Gasteiger partial charge in [-0.05, 0) is 79.1 Å². The number of amides is 1. The molecule has 0 aliphatic carbocycles. The minimum absolute atomic E-state index is 0.246. The predicted molar refractivity (Wildman–Crippen MR) is 139 cm³/mol. The van der Waals surface area contributed by atoms with Crippen LogP contribution in [-0.2, 0) is 4.74 Å². The number of ether oxygens (including phenoxy) is 1. The molecule has 0 spiro atoms. The molecule has 0 bridgehead atoms. The largest absolute Gasteiger partial charge is 0.444 e. The van der Waals surface area contributed by atoms with Gasteiger partial charge in [0.15, 0.2) is 5.82 Å². The van der Waals surface area contributed by atoms with E-state index in [2.05, 4.69) is 62.1 Å². The van der Waals surface area contributed by atoms with Gasteiger partial charge in [0.2, 0.25) is 0 Å².